The highest BCUT2D eigenvalue weighted by Gasteiger charge is 2.48. The van der Waals surface area contributed by atoms with E-state index in [4.69, 9.17) is 5.73 Å². The van der Waals surface area contributed by atoms with E-state index >= 15 is 0 Å². The van der Waals surface area contributed by atoms with E-state index in [0.29, 0.717) is 11.4 Å². The van der Waals surface area contributed by atoms with Crippen molar-refractivity contribution < 1.29 is 0 Å². The Labute approximate surface area is 132 Å². The van der Waals surface area contributed by atoms with Crippen molar-refractivity contribution in [3.05, 3.63) is 30.3 Å². The lowest BCUT2D eigenvalue weighted by molar-refractivity contribution is 0.113. The van der Waals surface area contributed by atoms with Gasteiger partial charge in [0.05, 0.1) is 0 Å². The van der Waals surface area contributed by atoms with Crippen molar-refractivity contribution in [3.8, 4) is 0 Å². The Morgan fingerprint density at radius 3 is 2.47 bits per heavy atom. The second-order valence-corrected chi connectivity index (χ2v) is 5.68. The standard InChI is InChI=1S/C15H21N3.HI/c16-14(18-13-5-2-1-3-6-13)17-11-15(9-4-10-15)12-7-8-12;/h1-3,5-6,12H,4,7-11H2,(H3,16,17,18);1H. The second kappa shape index (κ2) is 6.11. The number of nitrogens with two attached hydrogens (primary N) is 1. The maximum Gasteiger partial charge on any atom is 0.193 e. The largest absolute Gasteiger partial charge is 0.370 e. The first-order valence-corrected chi connectivity index (χ1v) is 6.91. The topological polar surface area (TPSA) is 50.4 Å². The van der Waals surface area contributed by atoms with Crippen LogP contribution in [-0.4, -0.2) is 12.5 Å². The van der Waals surface area contributed by atoms with Crippen LogP contribution >= 0.6 is 24.0 Å². The molecule has 0 spiro atoms. The predicted molar refractivity (Wildman–Crippen MR) is 91.0 cm³/mol. The van der Waals surface area contributed by atoms with Crippen LogP contribution in [0.2, 0.25) is 0 Å². The maximum absolute atomic E-state index is 5.95. The Morgan fingerprint density at radius 1 is 1.26 bits per heavy atom. The lowest BCUT2D eigenvalue weighted by atomic mass is 9.65. The fourth-order valence-corrected chi connectivity index (χ4v) is 2.97. The molecule has 2 aliphatic rings. The van der Waals surface area contributed by atoms with E-state index in [-0.39, 0.29) is 24.0 Å². The number of guanidine groups is 1. The second-order valence-electron chi connectivity index (χ2n) is 5.68. The predicted octanol–water partition coefficient (Wildman–Crippen LogP) is 3.61. The summed E-state index contributed by atoms with van der Waals surface area (Å²) in [5, 5.41) is 3.15. The summed E-state index contributed by atoms with van der Waals surface area (Å²) >= 11 is 0. The van der Waals surface area contributed by atoms with Gasteiger partial charge >= 0.3 is 0 Å². The van der Waals surface area contributed by atoms with Gasteiger partial charge in [-0.2, -0.15) is 0 Å². The highest BCUT2D eigenvalue weighted by Crippen LogP contribution is 2.57. The minimum Gasteiger partial charge on any atom is -0.370 e. The van der Waals surface area contributed by atoms with Crippen molar-refractivity contribution in [3.63, 3.8) is 0 Å². The van der Waals surface area contributed by atoms with Crippen LogP contribution in [0.25, 0.3) is 0 Å². The van der Waals surface area contributed by atoms with E-state index in [2.05, 4.69) is 10.3 Å². The van der Waals surface area contributed by atoms with Gasteiger partial charge in [-0.3, -0.25) is 4.99 Å². The minimum atomic E-state index is 0. The minimum absolute atomic E-state index is 0. The van der Waals surface area contributed by atoms with E-state index in [1.807, 2.05) is 30.3 Å². The van der Waals surface area contributed by atoms with Crippen molar-refractivity contribution in [1.29, 1.82) is 0 Å². The summed E-state index contributed by atoms with van der Waals surface area (Å²) < 4.78 is 0. The third-order valence-corrected chi connectivity index (χ3v) is 4.40. The summed E-state index contributed by atoms with van der Waals surface area (Å²) in [5.41, 5.74) is 7.46. The molecule has 0 aromatic heterocycles. The molecule has 3 rings (SSSR count). The third kappa shape index (κ3) is 3.41. The van der Waals surface area contributed by atoms with Crippen LogP contribution in [-0.2, 0) is 0 Å². The molecule has 0 radical (unpaired) electrons. The first-order chi connectivity index (χ1) is 8.78. The summed E-state index contributed by atoms with van der Waals surface area (Å²) in [7, 11) is 0. The molecule has 0 saturated heterocycles. The average Bonchev–Trinajstić information content (AvgIpc) is 3.14. The van der Waals surface area contributed by atoms with Crippen molar-refractivity contribution >= 4 is 35.6 Å². The molecular formula is C15H22IN3. The SMILES string of the molecule is I.NC(=NCC1(C2CC2)CCC1)Nc1ccccc1. The van der Waals surface area contributed by atoms with Crippen molar-refractivity contribution in [1.82, 2.24) is 0 Å². The summed E-state index contributed by atoms with van der Waals surface area (Å²) in [4.78, 5) is 4.56. The van der Waals surface area contributed by atoms with Crippen LogP contribution in [0.4, 0.5) is 5.69 Å². The molecule has 2 aliphatic carbocycles. The molecular weight excluding hydrogens is 349 g/mol. The number of nitrogens with one attached hydrogen (secondary N) is 1. The Morgan fingerprint density at radius 2 is 1.95 bits per heavy atom. The van der Waals surface area contributed by atoms with Crippen LogP contribution < -0.4 is 11.1 Å². The quantitative estimate of drug-likeness (QED) is 0.483. The zero-order valence-electron chi connectivity index (χ0n) is 11.1. The molecule has 0 unspecified atom stereocenters. The van der Waals surface area contributed by atoms with Crippen molar-refractivity contribution in [2.24, 2.45) is 22.1 Å². The average molecular weight is 371 g/mol. The third-order valence-electron chi connectivity index (χ3n) is 4.40. The number of nitrogens with zero attached hydrogens (tertiary/aromatic N) is 1. The molecule has 0 aliphatic heterocycles. The molecule has 0 bridgehead atoms. The zero-order chi connectivity index (χ0) is 12.4. The number of hydrogen-bond acceptors (Lipinski definition) is 1. The maximum atomic E-state index is 5.95. The van der Waals surface area contributed by atoms with Gasteiger partial charge in [-0.15, -0.1) is 24.0 Å². The van der Waals surface area contributed by atoms with Gasteiger partial charge in [-0.05, 0) is 49.1 Å². The van der Waals surface area contributed by atoms with Crippen LogP contribution in [0.3, 0.4) is 0 Å². The number of benzene rings is 1. The Bertz CT molecular complexity index is 436. The molecule has 0 amide bonds. The molecule has 2 saturated carbocycles. The Hall–Kier alpha value is -0.780. The van der Waals surface area contributed by atoms with Crippen LogP contribution in [0.5, 0.6) is 0 Å². The summed E-state index contributed by atoms with van der Waals surface area (Å²) in [6.45, 7) is 0.906. The van der Waals surface area contributed by atoms with Crippen LogP contribution in [0.15, 0.2) is 35.3 Å². The van der Waals surface area contributed by atoms with E-state index < -0.39 is 0 Å². The van der Waals surface area contributed by atoms with Gasteiger partial charge in [0.2, 0.25) is 0 Å². The molecule has 0 atom stereocenters. The first kappa shape index (κ1) is 14.6. The Balaban J connectivity index is 0.00000133. The van der Waals surface area contributed by atoms with Crippen molar-refractivity contribution in [2.45, 2.75) is 32.1 Å². The van der Waals surface area contributed by atoms with Crippen molar-refractivity contribution in [2.75, 3.05) is 11.9 Å². The van der Waals surface area contributed by atoms with Gasteiger partial charge in [0.25, 0.3) is 0 Å². The molecule has 1 aromatic rings. The molecule has 2 fully saturated rings. The smallest absolute Gasteiger partial charge is 0.193 e. The number of aliphatic imine (C=N–C) groups is 1. The van der Waals surface area contributed by atoms with Gasteiger partial charge in [-0.25, -0.2) is 0 Å². The molecule has 3 nitrogen and oxygen atoms in total. The first-order valence-electron chi connectivity index (χ1n) is 6.91. The highest BCUT2D eigenvalue weighted by molar-refractivity contribution is 14.0. The number of halogens is 1. The number of rotatable bonds is 4. The molecule has 19 heavy (non-hydrogen) atoms. The number of para-hydroxylation sites is 1. The van der Waals surface area contributed by atoms with Gasteiger partial charge in [0.1, 0.15) is 0 Å². The summed E-state index contributed by atoms with van der Waals surface area (Å²) in [6.07, 6.45) is 6.88. The lowest BCUT2D eigenvalue weighted by Gasteiger charge is -2.41. The molecule has 1 aromatic carbocycles. The number of anilines is 1. The molecule has 3 N–H and O–H groups in total. The van der Waals surface area contributed by atoms with Gasteiger partial charge in [0.15, 0.2) is 5.96 Å². The normalized spacial score (nSPS) is 21.2. The molecule has 104 valence electrons. The van der Waals surface area contributed by atoms with E-state index in [1.54, 1.807) is 0 Å². The summed E-state index contributed by atoms with van der Waals surface area (Å²) in [6, 6.07) is 9.99. The van der Waals surface area contributed by atoms with E-state index in [9.17, 15) is 0 Å². The molecule has 4 heteroatoms. The fourth-order valence-electron chi connectivity index (χ4n) is 2.97. The fraction of sp³-hybridized carbons (Fsp3) is 0.533. The van der Waals surface area contributed by atoms with Crippen LogP contribution in [0, 0.1) is 11.3 Å². The van der Waals surface area contributed by atoms with E-state index in [0.717, 1.165) is 18.2 Å². The molecule has 0 heterocycles. The van der Waals surface area contributed by atoms with Crippen LogP contribution in [0.1, 0.15) is 32.1 Å². The Kier molecular flexibility index (Phi) is 4.71. The number of hydrogen-bond donors (Lipinski definition) is 2. The summed E-state index contributed by atoms with van der Waals surface area (Å²) in [5.74, 6) is 1.48. The highest BCUT2D eigenvalue weighted by atomic mass is 127. The monoisotopic (exact) mass is 371 g/mol. The van der Waals surface area contributed by atoms with E-state index in [1.165, 1.54) is 32.1 Å². The van der Waals surface area contributed by atoms with Gasteiger partial charge in [-0.1, -0.05) is 24.6 Å². The lowest BCUT2D eigenvalue weighted by Crippen LogP contribution is -2.36. The van der Waals surface area contributed by atoms with Gasteiger partial charge < -0.3 is 11.1 Å². The van der Waals surface area contributed by atoms with Gasteiger partial charge in [0, 0.05) is 12.2 Å². The zero-order valence-corrected chi connectivity index (χ0v) is 13.5.